The van der Waals surface area contributed by atoms with Crippen LogP contribution in [0.15, 0.2) is 0 Å². The fourth-order valence-corrected chi connectivity index (χ4v) is 1.79. The minimum atomic E-state index is -3.66. The first-order valence-electron chi connectivity index (χ1n) is 8.07. The quantitative estimate of drug-likeness (QED) is 0.422. The van der Waals surface area contributed by atoms with Gasteiger partial charge in [-0.05, 0) is 26.9 Å². The van der Waals surface area contributed by atoms with E-state index in [9.17, 15) is 8.42 Å². The largest absolute Gasteiger partial charge is 0.320 e. The third kappa shape index (κ3) is 26.4. The molecule has 0 spiro atoms. The van der Waals surface area contributed by atoms with Gasteiger partial charge in [-0.15, -0.1) is 0 Å². The van der Waals surface area contributed by atoms with Crippen molar-refractivity contribution < 1.29 is 13.0 Å². The predicted molar refractivity (Wildman–Crippen MR) is 87.9 cm³/mol. The van der Waals surface area contributed by atoms with E-state index in [1.807, 2.05) is 7.05 Å². The molecule has 0 heterocycles. The summed E-state index contributed by atoms with van der Waals surface area (Å²) in [6, 6.07) is 0. The molecule has 0 radical (unpaired) electrons. The van der Waals surface area contributed by atoms with Crippen LogP contribution in [0.3, 0.4) is 0 Å². The lowest BCUT2D eigenvalue weighted by Crippen LogP contribution is -2.06. The van der Waals surface area contributed by atoms with E-state index in [1.54, 1.807) is 0 Å². The summed E-state index contributed by atoms with van der Waals surface area (Å²) in [5, 5.41) is 3.19. The molecule has 0 bridgehead atoms. The maximum Gasteiger partial charge on any atom is 0.264 e. The van der Waals surface area contributed by atoms with Crippen molar-refractivity contribution in [3.8, 4) is 0 Å². The van der Waals surface area contributed by atoms with Crippen LogP contribution in [-0.2, 0) is 10.1 Å². The number of unbranched alkanes of at least 4 members (excludes halogenated alkanes) is 9. The SMILES string of the molecule is CCCCCCCCCCCCNC.CCS(=O)(=O)O. The Bertz CT molecular complexity index is 254. The molecule has 124 valence electrons. The van der Waals surface area contributed by atoms with Crippen molar-refractivity contribution in [2.24, 2.45) is 0 Å². The van der Waals surface area contributed by atoms with Gasteiger partial charge in [-0.1, -0.05) is 64.7 Å². The van der Waals surface area contributed by atoms with E-state index in [4.69, 9.17) is 4.55 Å². The first-order chi connectivity index (χ1) is 9.47. The first-order valence-corrected chi connectivity index (χ1v) is 9.68. The van der Waals surface area contributed by atoms with Gasteiger partial charge in [0, 0.05) is 0 Å². The van der Waals surface area contributed by atoms with Crippen LogP contribution in [0.25, 0.3) is 0 Å². The maximum atomic E-state index is 9.56. The molecule has 2 N–H and O–H groups in total. The molecule has 0 saturated carbocycles. The molecule has 0 fully saturated rings. The van der Waals surface area contributed by atoms with E-state index in [-0.39, 0.29) is 5.75 Å². The van der Waals surface area contributed by atoms with Crippen molar-refractivity contribution in [2.75, 3.05) is 19.3 Å². The molecule has 0 aromatic heterocycles. The standard InChI is InChI=1S/C13H29N.C2H6O3S/c1-3-4-5-6-7-8-9-10-11-12-13-14-2;1-2-6(3,4)5/h14H,3-13H2,1-2H3;2H2,1H3,(H,3,4,5). The molecule has 0 rings (SSSR count). The topological polar surface area (TPSA) is 66.4 Å². The maximum absolute atomic E-state index is 9.56. The molecule has 0 aromatic carbocycles. The van der Waals surface area contributed by atoms with Gasteiger partial charge in [0.25, 0.3) is 10.1 Å². The number of rotatable bonds is 12. The highest BCUT2D eigenvalue weighted by molar-refractivity contribution is 7.85. The van der Waals surface area contributed by atoms with Crippen molar-refractivity contribution in [3.63, 3.8) is 0 Å². The smallest absolute Gasteiger partial charge is 0.264 e. The van der Waals surface area contributed by atoms with Crippen LogP contribution in [0.4, 0.5) is 0 Å². The molecule has 0 amide bonds. The fraction of sp³-hybridized carbons (Fsp3) is 1.00. The van der Waals surface area contributed by atoms with Crippen LogP contribution < -0.4 is 5.32 Å². The van der Waals surface area contributed by atoms with Gasteiger partial charge >= 0.3 is 0 Å². The second-order valence-electron chi connectivity index (χ2n) is 5.16. The fourth-order valence-electron chi connectivity index (χ4n) is 1.79. The monoisotopic (exact) mass is 309 g/mol. The molecule has 20 heavy (non-hydrogen) atoms. The second kappa shape index (κ2) is 16.9. The Hall–Kier alpha value is -0.130. The summed E-state index contributed by atoms with van der Waals surface area (Å²) >= 11 is 0. The van der Waals surface area contributed by atoms with E-state index >= 15 is 0 Å². The summed E-state index contributed by atoms with van der Waals surface area (Å²) in [7, 11) is -1.63. The van der Waals surface area contributed by atoms with E-state index in [2.05, 4.69) is 12.2 Å². The van der Waals surface area contributed by atoms with E-state index in [1.165, 1.54) is 77.7 Å². The average Bonchev–Trinajstić information content (AvgIpc) is 2.41. The summed E-state index contributed by atoms with van der Waals surface area (Å²) in [5.74, 6) is -0.201. The highest BCUT2D eigenvalue weighted by Gasteiger charge is 1.93. The minimum absolute atomic E-state index is 0.201. The van der Waals surface area contributed by atoms with E-state index < -0.39 is 10.1 Å². The highest BCUT2D eigenvalue weighted by Crippen LogP contribution is 2.09. The molecule has 4 nitrogen and oxygen atoms in total. The third-order valence-electron chi connectivity index (χ3n) is 3.15. The number of hydrogen-bond donors (Lipinski definition) is 2. The van der Waals surface area contributed by atoms with Crippen molar-refractivity contribution >= 4 is 10.1 Å². The van der Waals surface area contributed by atoms with Gasteiger partial charge in [-0.3, -0.25) is 4.55 Å². The molecular formula is C15H35NO3S. The van der Waals surface area contributed by atoms with Gasteiger partial charge in [0.05, 0.1) is 5.75 Å². The normalized spacial score (nSPS) is 11.0. The molecule has 5 heteroatoms. The van der Waals surface area contributed by atoms with Crippen molar-refractivity contribution in [1.29, 1.82) is 0 Å². The Labute approximate surface area is 126 Å². The van der Waals surface area contributed by atoms with E-state index in [0.29, 0.717) is 0 Å². The Morgan fingerprint density at radius 3 is 1.45 bits per heavy atom. The molecule has 0 aliphatic heterocycles. The molecular weight excluding hydrogens is 274 g/mol. The first kappa shape index (κ1) is 22.2. The van der Waals surface area contributed by atoms with Crippen LogP contribution in [0.2, 0.25) is 0 Å². The Kier molecular flexibility index (Phi) is 18.7. The van der Waals surface area contributed by atoms with Crippen molar-refractivity contribution in [1.82, 2.24) is 5.32 Å². The van der Waals surface area contributed by atoms with Gasteiger partial charge in [0.2, 0.25) is 0 Å². The lowest BCUT2D eigenvalue weighted by Gasteiger charge is -2.01. The second-order valence-corrected chi connectivity index (χ2v) is 6.90. The van der Waals surface area contributed by atoms with Gasteiger partial charge in [0.1, 0.15) is 0 Å². The molecule has 0 aliphatic carbocycles. The van der Waals surface area contributed by atoms with Crippen molar-refractivity contribution in [3.05, 3.63) is 0 Å². The van der Waals surface area contributed by atoms with Gasteiger partial charge in [-0.2, -0.15) is 8.42 Å². The summed E-state index contributed by atoms with van der Waals surface area (Å²) in [4.78, 5) is 0. The molecule has 0 aliphatic rings. The van der Waals surface area contributed by atoms with Crippen LogP contribution in [0, 0.1) is 0 Å². The van der Waals surface area contributed by atoms with Gasteiger partial charge in [-0.25, -0.2) is 0 Å². The van der Waals surface area contributed by atoms with Crippen LogP contribution in [0.1, 0.15) is 78.1 Å². The predicted octanol–water partition coefficient (Wildman–Crippen LogP) is 4.02. The number of nitrogens with one attached hydrogen (secondary N) is 1. The van der Waals surface area contributed by atoms with Crippen LogP contribution in [0.5, 0.6) is 0 Å². The van der Waals surface area contributed by atoms with Gasteiger partial charge < -0.3 is 5.32 Å². The summed E-state index contributed by atoms with van der Waals surface area (Å²) in [6.07, 6.45) is 14.3. The average molecular weight is 310 g/mol. The lowest BCUT2D eigenvalue weighted by molar-refractivity contribution is 0.484. The van der Waals surface area contributed by atoms with Crippen LogP contribution in [-0.4, -0.2) is 32.3 Å². The molecule has 0 aromatic rings. The summed E-state index contributed by atoms with van der Waals surface area (Å²) in [5.41, 5.74) is 0. The lowest BCUT2D eigenvalue weighted by atomic mass is 10.1. The highest BCUT2D eigenvalue weighted by atomic mass is 32.2. The molecule has 0 unspecified atom stereocenters. The Morgan fingerprint density at radius 1 is 0.800 bits per heavy atom. The molecule has 0 saturated heterocycles. The van der Waals surface area contributed by atoms with Crippen molar-refractivity contribution in [2.45, 2.75) is 78.1 Å². The number of hydrogen-bond acceptors (Lipinski definition) is 3. The van der Waals surface area contributed by atoms with Crippen LogP contribution >= 0.6 is 0 Å². The zero-order valence-electron chi connectivity index (χ0n) is 13.7. The molecule has 0 atom stereocenters. The summed E-state index contributed by atoms with van der Waals surface area (Å²) < 4.78 is 26.9. The zero-order valence-corrected chi connectivity index (χ0v) is 14.5. The van der Waals surface area contributed by atoms with Gasteiger partial charge in [0.15, 0.2) is 0 Å². The van der Waals surface area contributed by atoms with E-state index in [0.717, 1.165) is 0 Å². The minimum Gasteiger partial charge on any atom is -0.320 e. The summed E-state index contributed by atoms with van der Waals surface area (Å²) in [6.45, 7) is 4.84. The zero-order chi connectivity index (χ0) is 15.7. The third-order valence-corrected chi connectivity index (χ3v) is 3.87. The Morgan fingerprint density at radius 2 is 1.15 bits per heavy atom. The Balaban J connectivity index is 0.